The molecule has 3 nitrogen and oxygen atoms in total. The zero-order valence-corrected chi connectivity index (χ0v) is 13.6. The van der Waals surface area contributed by atoms with Crippen LogP contribution in [0.3, 0.4) is 0 Å². The number of benzene rings is 1. The molecule has 1 aromatic rings. The molecule has 0 spiro atoms. The highest BCUT2D eigenvalue weighted by Gasteiger charge is 2.54. The van der Waals surface area contributed by atoms with Gasteiger partial charge in [-0.2, -0.15) is 0 Å². The van der Waals surface area contributed by atoms with E-state index in [0.29, 0.717) is 11.5 Å². The second-order valence-corrected chi connectivity index (χ2v) is 7.37. The lowest BCUT2D eigenvalue weighted by Crippen LogP contribution is -2.60. The fourth-order valence-electron chi connectivity index (χ4n) is 4.76. The summed E-state index contributed by atoms with van der Waals surface area (Å²) in [6.45, 7) is 4.78. The molecule has 3 heteroatoms. The van der Waals surface area contributed by atoms with E-state index >= 15 is 0 Å². The van der Waals surface area contributed by atoms with Crippen molar-refractivity contribution >= 4 is 0 Å². The maximum Gasteiger partial charge on any atom is 0.119 e. The van der Waals surface area contributed by atoms with Gasteiger partial charge in [0.2, 0.25) is 0 Å². The van der Waals surface area contributed by atoms with Gasteiger partial charge in [-0.05, 0) is 62.4 Å². The first kappa shape index (κ1) is 14.9. The van der Waals surface area contributed by atoms with Crippen molar-refractivity contribution < 1.29 is 4.74 Å². The molecule has 0 amide bonds. The van der Waals surface area contributed by atoms with Gasteiger partial charge in [-0.3, -0.25) is 0 Å². The highest BCUT2D eigenvalue weighted by molar-refractivity contribution is 5.37. The van der Waals surface area contributed by atoms with Crippen molar-refractivity contribution in [2.75, 3.05) is 27.2 Å². The molecule has 1 saturated heterocycles. The van der Waals surface area contributed by atoms with Crippen LogP contribution in [0.1, 0.15) is 38.2 Å². The van der Waals surface area contributed by atoms with Gasteiger partial charge in [0.05, 0.1) is 7.11 Å². The fraction of sp³-hybridized carbons (Fsp3) is 0.667. The largest absolute Gasteiger partial charge is 0.497 e. The summed E-state index contributed by atoms with van der Waals surface area (Å²) in [5.74, 6) is 0.960. The highest BCUT2D eigenvalue weighted by atomic mass is 16.5. The van der Waals surface area contributed by atoms with Crippen LogP contribution in [0.4, 0.5) is 0 Å². The molecule has 1 aliphatic carbocycles. The van der Waals surface area contributed by atoms with Crippen LogP contribution < -0.4 is 10.5 Å². The van der Waals surface area contributed by atoms with Gasteiger partial charge in [0.25, 0.3) is 0 Å². The summed E-state index contributed by atoms with van der Waals surface area (Å²) >= 11 is 0. The van der Waals surface area contributed by atoms with Crippen molar-refractivity contribution in [1.29, 1.82) is 0 Å². The van der Waals surface area contributed by atoms with Crippen LogP contribution in [0.25, 0.3) is 0 Å². The molecule has 2 fully saturated rings. The molecule has 2 N–H and O–H groups in total. The Morgan fingerprint density at radius 2 is 2.14 bits per heavy atom. The first-order valence-electron chi connectivity index (χ1n) is 8.08. The average molecular weight is 288 g/mol. The van der Waals surface area contributed by atoms with Crippen LogP contribution in [-0.2, 0) is 5.41 Å². The molecule has 0 aromatic heterocycles. The molecule has 1 heterocycles. The van der Waals surface area contributed by atoms with Crippen LogP contribution in [-0.4, -0.2) is 38.2 Å². The van der Waals surface area contributed by atoms with Crippen molar-refractivity contribution in [3.05, 3.63) is 29.8 Å². The molecular weight excluding hydrogens is 260 g/mol. The highest BCUT2D eigenvalue weighted by Crippen LogP contribution is 2.56. The predicted molar refractivity (Wildman–Crippen MR) is 86.7 cm³/mol. The van der Waals surface area contributed by atoms with E-state index in [1.165, 1.54) is 18.4 Å². The number of hydrogen-bond acceptors (Lipinski definition) is 3. The number of methoxy groups -OCH3 is 1. The molecule has 0 bridgehead atoms. The quantitative estimate of drug-likeness (QED) is 0.909. The summed E-state index contributed by atoms with van der Waals surface area (Å²) < 4.78 is 5.46. The second-order valence-electron chi connectivity index (χ2n) is 7.37. The number of fused-ring (bicyclic) bond motifs is 1. The Kier molecular flexibility index (Phi) is 3.74. The van der Waals surface area contributed by atoms with Gasteiger partial charge in [-0.15, -0.1) is 0 Å². The lowest BCUT2D eigenvalue weighted by Gasteiger charge is -2.59. The summed E-state index contributed by atoms with van der Waals surface area (Å²) in [7, 11) is 3.99. The van der Waals surface area contributed by atoms with E-state index in [4.69, 9.17) is 10.5 Å². The third-order valence-electron chi connectivity index (χ3n) is 5.99. The van der Waals surface area contributed by atoms with Gasteiger partial charge in [0.15, 0.2) is 0 Å². The number of hydrogen-bond donors (Lipinski definition) is 1. The van der Waals surface area contributed by atoms with E-state index in [9.17, 15) is 0 Å². The molecule has 3 rings (SSSR count). The van der Waals surface area contributed by atoms with Crippen molar-refractivity contribution in [2.45, 2.75) is 44.1 Å². The lowest BCUT2D eigenvalue weighted by atomic mass is 9.50. The zero-order chi connectivity index (χ0) is 15.1. The van der Waals surface area contributed by atoms with Gasteiger partial charge in [-0.1, -0.05) is 19.1 Å². The fourth-order valence-corrected chi connectivity index (χ4v) is 4.76. The number of ether oxygens (including phenoxy) is 1. The minimum Gasteiger partial charge on any atom is -0.497 e. The van der Waals surface area contributed by atoms with Crippen molar-refractivity contribution in [1.82, 2.24) is 4.90 Å². The van der Waals surface area contributed by atoms with Crippen molar-refractivity contribution in [3.8, 4) is 5.75 Å². The topological polar surface area (TPSA) is 38.5 Å². The number of nitrogens with zero attached hydrogens (tertiary/aromatic N) is 1. The van der Waals surface area contributed by atoms with E-state index in [-0.39, 0.29) is 5.41 Å². The zero-order valence-electron chi connectivity index (χ0n) is 13.6. The molecule has 1 saturated carbocycles. The maximum atomic E-state index is 6.38. The average Bonchev–Trinajstić information content (AvgIpc) is 2.48. The summed E-state index contributed by atoms with van der Waals surface area (Å²) in [6, 6.07) is 9.01. The van der Waals surface area contributed by atoms with E-state index < -0.39 is 0 Å². The predicted octanol–water partition coefficient (Wildman–Crippen LogP) is 2.79. The van der Waals surface area contributed by atoms with E-state index in [1.807, 2.05) is 6.07 Å². The van der Waals surface area contributed by atoms with Crippen LogP contribution >= 0.6 is 0 Å². The first-order chi connectivity index (χ1) is 9.99. The SMILES string of the molecule is COc1cccc([C@]23CCN(C)C[C@@]2(C)CC[C@@H](N)C3)c1. The van der Waals surface area contributed by atoms with Gasteiger partial charge in [-0.25, -0.2) is 0 Å². The Labute approximate surface area is 128 Å². The molecule has 3 atom stereocenters. The van der Waals surface area contributed by atoms with Crippen molar-refractivity contribution in [2.24, 2.45) is 11.1 Å². The second kappa shape index (κ2) is 5.29. The minimum atomic E-state index is 0.200. The minimum absolute atomic E-state index is 0.200. The number of likely N-dealkylation sites (tertiary alicyclic amines) is 1. The number of rotatable bonds is 2. The molecule has 21 heavy (non-hydrogen) atoms. The van der Waals surface area contributed by atoms with Gasteiger partial charge >= 0.3 is 0 Å². The van der Waals surface area contributed by atoms with Crippen LogP contribution in [0, 0.1) is 5.41 Å². The summed E-state index contributed by atoms with van der Waals surface area (Å²) in [6.07, 6.45) is 4.66. The van der Waals surface area contributed by atoms with E-state index in [2.05, 4.69) is 37.1 Å². The van der Waals surface area contributed by atoms with Crippen LogP contribution in [0.5, 0.6) is 5.75 Å². The van der Waals surface area contributed by atoms with Crippen LogP contribution in [0.15, 0.2) is 24.3 Å². The Hall–Kier alpha value is -1.06. The number of piperidine rings is 1. The van der Waals surface area contributed by atoms with Gasteiger partial charge < -0.3 is 15.4 Å². The standard InChI is InChI=1S/C18H28N2O/c1-17-8-7-15(19)12-18(17,9-10-20(2)13-17)14-5-4-6-16(11-14)21-3/h4-6,11,15H,7-10,12-13,19H2,1-3H3/t15-,17-,18-/m1/s1. The van der Waals surface area contributed by atoms with E-state index in [0.717, 1.165) is 31.7 Å². The Morgan fingerprint density at radius 1 is 1.33 bits per heavy atom. The summed E-state index contributed by atoms with van der Waals surface area (Å²) in [5, 5.41) is 0. The number of nitrogens with two attached hydrogens (primary N) is 1. The monoisotopic (exact) mass is 288 g/mol. The normalized spacial score (nSPS) is 37.0. The maximum absolute atomic E-state index is 6.38. The van der Waals surface area contributed by atoms with Gasteiger partial charge in [0, 0.05) is 18.0 Å². The molecule has 1 aliphatic heterocycles. The van der Waals surface area contributed by atoms with Gasteiger partial charge in [0.1, 0.15) is 5.75 Å². The summed E-state index contributed by atoms with van der Waals surface area (Å²) in [4.78, 5) is 2.48. The molecule has 1 aromatic carbocycles. The van der Waals surface area contributed by atoms with Crippen LogP contribution in [0.2, 0.25) is 0 Å². The third kappa shape index (κ3) is 2.36. The smallest absolute Gasteiger partial charge is 0.119 e. The molecule has 2 aliphatic rings. The lowest BCUT2D eigenvalue weighted by molar-refractivity contribution is -0.0176. The third-order valence-corrected chi connectivity index (χ3v) is 5.99. The Balaban J connectivity index is 2.07. The first-order valence-corrected chi connectivity index (χ1v) is 8.08. The summed E-state index contributed by atoms with van der Waals surface area (Å²) in [5.41, 5.74) is 8.32. The van der Waals surface area contributed by atoms with Crippen molar-refractivity contribution in [3.63, 3.8) is 0 Å². The molecular formula is C18H28N2O. The Morgan fingerprint density at radius 3 is 2.90 bits per heavy atom. The Bertz CT molecular complexity index is 518. The molecule has 0 radical (unpaired) electrons. The molecule has 0 unspecified atom stereocenters. The van der Waals surface area contributed by atoms with E-state index in [1.54, 1.807) is 7.11 Å². The molecule has 116 valence electrons.